The number of urea groups is 1. The van der Waals surface area contributed by atoms with Crippen LogP contribution in [0.15, 0.2) is 42.5 Å². The first-order valence-corrected chi connectivity index (χ1v) is 15.8. The Hall–Kier alpha value is -3.79. The maximum atomic E-state index is 13.5. The molecule has 3 aliphatic heterocycles. The Labute approximate surface area is 261 Å². The van der Waals surface area contributed by atoms with Gasteiger partial charge in [0.1, 0.15) is 11.4 Å². The molecule has 0 spiro atoms. The van der Waals surface area contributed by atoms with E-state index in [0.717, 1.165) is 68.1 Å². The van der Waals surface area contributed by atoms with Gasteiger partial charge in [-0.2, -0.15) is 0 Å². The van der Waals surface area contributed by atoms with Crippen LogP contribution < -0.4 is 14.5 Å². The number of imide groups is 1. The second kappa shape index (κ2) is 13.5. The van der Waals surface area contributed by atoms with Crippen LogP contribution in [-0.2, 0) is 16.1 Å². The lowest BCUT2D eigenvalue weighted by Crippen LogP contribution is -2.52. The van der Waals surface area contributed by atoms with Gasteiger partial charge in [0.15, 0.2) is 0 Å². The minimum Gasteiger partial charge on any atom is -0.497 e. The van der Waals surface area contributed by atoms with Crippen LogP contribution in [0.25, 0.3) is 0 Å². The molecule has 0 N–H and O–H groups in total. The summed E-state index contributed by atoms with van der Waals surface area (Å²) >= 11 is 0. The number of amides is 4. The number of anilines is 2. The lowest BCUT2D eigenvalue weighted by atomic mass is 9.95. The molecule has 0 aromatic heterocycles. The number of benzene rings is 2. The largest absolute Gasteiger partial charge is 0.497 e. The summed E-state index contributed by atoms with van der Waals surface area (Å²) in [5.41, 5.74) is 3.47. The van der Waals surface area contributed by atoms with E-state index in [9.17, 15) is 14.4 Å². The third-order valence-electron chi connectivity index (χ3n) is 8.80. The van der Waals surface area contributed by atoms with Crippen LogP contribution in [0.1, 0.15) is 51.2 Å². The van der Waals surface area contributed by atoms with Crippen molar-refractivity contribution < 1.29 is 23.9 Å². The van der Waals surface area contributed by atoms with Crippen molar-refractivity contribution in [1.82, 2.24) is 14.7 Å². The SMILES string of the molecule is COc1ccc(CN2C(=O)CCN(c3ccc(N4CCC(CN5CCN(C(=O)OC(C)(C)C)CC5)CC4)cc3C)C2=O)cc1. The van der Waals surface area contributed by atoms with Crippen molar-refractivity contribution in [2.24, 2.45) is 5.92 Å². The van der Waals surface area contributed by atoms with Crippen molar-refractivity contribution in [3.05, 3.63) is 53.6 Å². The Morgan fingerprint density at radius 3 is 2.20 bits per heavy atom. The molecule has 3 heterocycles. The van der Waals surface area contributed by atoms with Crippen molar-refractivity contribution in [3.63, 3.8) is 0 Å². The number of hydrogen-bond donors (Lipinski definition) is 0. The molecular formula is C34H47N5O5. The molecule has 3 aliphatic rings. The molecule has 0 atom stereocenters. The van der Waals surface area contributed by atoms with Gasteiger partial charge in [-0.05, 0) is 87.9 Å². The molecule has 5 rings (SSSR count). The van der Waals surface area contributed by atoms with E-state index in [-0.39, 0.29) is 24.6 Å². The quantitative estimate of drug-likeness (QED) is 0.433. The first-order valence-electron chi connectivity index (χ1n) is 15.8. The van der Waals surface area contributed by atoms with Crippen LogP contribution in [-0.4, -0.2) is 97.8 Å². The van der Waals surface area contributed by atoms with Gasteiger partial charge in [0.25, 0.3) is 0 Å². The smallest absolute Gasteiger partial charge is 0.410 e. The topological polar surface area (TPSA) is 85.9 Å². The summed E-state index contributed by atoms with van der Waals surface area (Å²) in [6.07, 6.45) is 2.34. The molecule has 0 saturated carbocycles. The molecule has 2 aromatic rings. The molecule has 0 unspecified atom stereocenters. The number of carbonyl (C=O) groups excluding carboxylic acids is 3. The lowest BCUT2D eigenvalue weighted by Gasteiger charge is -2.40. The summed E-state index contributed by atoms with van der Waals surface area (Å²) in [5.74, 6) is 1.23. The number of methoxy groups -OCH3 is 1. The maximum Gasteiger partial charge on any atom is 0.410 e. The number of piperazine rings is 1. The fourth-order valence-electron chi connectivity index (χ4n) is 6.30. The van der Waals surface area contributed by atoms with E-state index in [2.05, 4.69) is 21.9 Å². The monoisotopic (exact) mass is 605 g/mol. The van der Waals surface area contributed by atoms with Crippen LogP contribution in [0, 0.1) is 12.8 Å². The van der Waals surface area contributed by atoms with E-state index in [1.807, 2.05) is 62.9 Å². The Bertz CT molecular complexity index is 1320. The van der Waals surface area contributed by atoms with Gasteiger partial charge in [0.05, 0.1) is 13.7 Å². The summed E-state index contributed by atoms with van der Waals surface area (Å²) in [7, 11) is 1.61. The number of piperidine rings is 1. The zero-order chi connectivity index (χ0) is 31.4. The summed E-state index contributed by atoms with van der Waals surface area (Å²) in [6, 6.07) is 13.5. The van der Waals surface area contributed by atoms with Gasteiger partial charge in [-0.15, -0.1) is 0 Å². The molecule has 10 nitrogen and oxygen atoms in total. The van der Waals surface area contributed by atoms with Crippen LogP contribution >= 0.6 is 0 Å². The summed E-state index contributed by atoms with van der Waals surface area (Å²) in [5, 5.41) is 0. The second-order valence-corrected chi connectivity index (χ2v) is 13.2. The van der Waals surface area contributed by atoms with E-state index < -0.39 is 5.60 Å². The predicted octanol–water partition coefficient (Wildman–Crippen LogP) is 5.13. The highest BCUT2D eigenvalue weighted by atomic mass is 16.6. The third-order valence-corrected chi connectivity index (χ3v) is 8.80. The Kier molecular flexibility index (Phi) is 9.68. The van der Waals surface area contributed by atoms with Crippen molar-refractivity contribution in [1.29, 1.82) is 0 Å². The highest BCUT2D eigenvalue weighted by Crippen LogP contribution is 2.31. The van der Waals surface area contributed by atoms with Gasteiger partial charge < -0.3 is 19.3 Å². The highest BCUT2D eigenvalue weighted by molar-refractivity contribution is 6.06. The van der Waals surface area contributed by atoms with E-state index in [4.69, 9.17) is 9.47 Å². The van der Waals surface area contributed by atoms with Gasteiger partial charge in [-0.25, -0.2) is 9.59 Å². The number of hydrogen-bond acceptors (Lipinski definition) is 7. The number of rotatable bonds is 7. The molecule has 238 valence electrons. The number of aryl methyl sites for hydroxylation is 1. The fraction of sp³-hybridized carbons (Fsp3) is 0.559. The summed E-state index contributed by atoms with van der Waals surface area (Å²) < 4.78 is 10.8. The van der Waals surface area contributed by atoms with Crippen molar-refractivity contribution in [2.75, 3.05) is 69.3 Å². The van der Waals surface area contributed by atoms with E-state index in [1.165, 1.54) is 10.6 Å². The first-order chi connectivity index (χ1) is 21.0. The molecular weight excluding hydrogens is 558 g/mol. The average molecular weight is 606 g/mol. The van der Waals surface area contributed by atoms with Gasteiger partial charge in [-0.3, -0.25) is 19.5 Å². The standard InChI is InChI=1S/C34H47N5O5/c1-25-22-28(36-15-12-27(13-16-36)23-35-18-20-37(21-19-35)33(42)44-34(2,3)4)8-11-30(25)38-17-14-31(40)39(32(38)41)24-26-6-9-29(43-5)10-7-26/h6-11,22,27H,12-21,23-24H2,1-5H3. The Morgan fingerprint density at radius 1 is 0.909 bits per heavy atom. The summed E-state index contributed by atoms with van der Waals surface area (Å²) in [4.78, 5) is 48.4. The molecule has 2 aromatic carbocycles. The van der Waals surface area contributed by atoms with E-state index in [0.29, 0.717) is 32.0 Å². The van der Waals surface area contributed by atoms with Crippen LogP contribution in [0.4, 0.5) is 21.0 Å². The molecule has 3 saturated heterocycles. The Balaban J connectivity index is 1.12. The average Bonchev–Trinajstić information content (AvgIpc) is 3.00. The summed E-state index contributed by atoms with van der Waals surface area (Å²) in [6.45, 7) is 14.6. The number of nitrogens with zero attached hydrogens (tertiary/aromatic N) is 5. The number of carbonyl (C=O) groups is 3. The number of ether oxygens (including phenoxy) is 2. The van der Waals surface area contributed by atoms with Gasteiger partial charge in [0, 0.05) is 70.2 Å². The van der Waals surface area contributed by atoms with Crippen molar-refractivity contribution >= 4 is 29.4 Å². The van der Waals surface area contributed by atoms with Gasteiger partial charge >= 0.3 is 12.1 Å². The minimum absolute atomic E-state index is 0.149. The molecule has 10 heteroatoms. The van der Waals surface area contributed by atoms with Crippen LogP contribution in [0.5, 0.6) is 5.75 Å². The third kappa shape index (κ3) is 7.64. The van der Waals surface area contributed by atoms with Gasteiger partial charge in [-0.1, -0.05) is 12.1 Å². The van der Waals surface area contributed by atoms with Gasteiger partial charge in [0.2, 0.25) is 5.91 Å². The predicted molar refractivity (Wildman–Crippen MR) is 171 cm³/mol. The van der Waals surface area contributed by atoms with Crippen LogP contribution in [0.3, 0.4) is 0 Å². The second-order valence-electron chi connectivity index (χ2n) is 13.2. The molecule has 4 amide bonds. The highest BCUT2D eigenvalue weighted by Gasteiger charge is 2.34. The lowest BCUT2D eigenvalue weighted by molar-refractivity contribution is -0.129. The zero-order valence-corrected chi connectivity index (χ0v) is 26.9. The normalized spacial score (nSPS) is 19.0. The molecule has 3 fully saturated rings. The maximum absolute atomic E-state index is 13.5. The molecule has 44 heavy (non-hydrogen) atoms. The fourth-order valence-corrected chi connectivity index (χ4v) is 6.30. The zero-order valence-electron chi connectivity index (χ0n) is 26.9. The van der Waals surface area contributed by atoms with E-state index >= 15 is 0 Å². The van der Waals surface area contributed by atoms with Crippen molar-refractivity contribution in [2.45, 2.75) is 59.1 Å². The molecule has 0 bridgehead atoms. The molecule has 0 radical (unpaired) electrons. The van der Waals surface area contributed by atoms with Crippen LogP contribution in [0.2, 0.25) is 0 Å². The Morgan fingerprint density at radius 2 is 1.59 bits per heavy atom. The first kappa shape index (κ1) is 31.6. The van der Waals surface area contributed by atoms with Crippen molar-refractivity contribution in [3.8, 4) is 5.75 Å². The minimum atomic E-state index is -0.466. The van der Waals surface area contributed by atoms with E-state index in [1.54, 1.807) is 12.0 Å². The molecule has 0 aliphatic carbocycles.